The van der Waals surface area contributed by atoms with Gasteiger partial charge in [-0.3, -0.25) is 0 Å². The molecule has 0 radical (unpaired) electrons. The largest absolute Gasteiger partial charge is 0.434 e. The van der Waals surface area contributed by atoms with Crippen molar-refractivity contribution in [1.29, 1.82) is 0 Å². The minimum Gasteiger partial charge on any atom is -0.434 e. The van der Waals surface area contributed by atoms with Crippen LogP contribution < -0.4 is 4.74 Å². The third kappa shape index (κ3) is 5.23. The average molecular weight is 403 g/mol. The number of rotatable bonds is 7. The summed E-state index contributed by atoms with van der Waals surface area (Å²) in [4.78, 5) is 0. The zero-order valence-electron chi connectivity index (χ0n) is 17.1. The first-order valence-electron chi connectivity index (χ1n) is 10.5. The first-order valence-corrected chi connectivity index (χ1v) is 10.5. The lowest BCUT2D eigenvalue weighted by molar-refractivity contribution is -0.0508. The van der Waals surface area contributed by atoms with Gasteiger partial charge in [0.1, 0.15) is 11.6 Å². The van der Waals surface area contributed by atoms with E-state index in [2.05, 4.69) is 12.2 Å². The minimum absolute atomic E-state index is 0.0139. The van der Waals surface area contributed by atoms with Crippen LogP contribution in [0.25, 0.3) is 16.8 Å². The van der Waals surface area contributed by atoms with E-state index in [-0.39, 0.29) is 11.7 Å². The van der Waals surface area contributed by atoms with E-state index in [0.717, 1.165) is 44.1 Å². The predicted molar refractivity (Wildman–Crippen MR) is 114 cm³/mol. The second-order valence-electron chi connectivity index (χ2n) is 7.83. The van der Waals surface area contributed by atoms with E-state index in [0.29, 0.717) is 22.3 Å². The summed E-state index contributed by atoms with van der Waals surface area (Å²) in [6, 6.07) is 6.96. The Kier molecular flexibility index (Phi) is 7.40. The maximum atomic E-state index is 15.5. The fourth-order valence-corrected chi connectivity index (χ4v) is 4.48. The highest BCUT2D eigenvalue weighted by molar-refractivity contribution is 5.88. The summed E-state index contributed by atoms with van der Waals surface area (Å²) in [5, 5.41) is 1.04. The van der Waals surface area contributed by atoms with Crippen molar-refractivity contribution in [3.05, 3.63) is 59.4 Å². The number of hydrogen-bond donors (Lipinski definition) is 0. The van der Waals surface area contributed by atoms with Gasteiger partial charge in [-0.25, -0.2) is 4.39 Å². The summed E-state index contributed by atoms with van der Waals surface area (Å²) in [6.45, 7) is 0.945. The van der Waals surface area contributed by atoms with E-state index in [1.807, 2.05) is 32.1 Å². The summed E-state index contributed by atoms with van der Waals surface area (Å²) in [6.07, 6.45) is 13.8. The Hall–Kier alpha value is -2.23. The van der Waals surface area contributed by atoms with E-state index in [1.54, 1.807) is 18.2 Å². The fraction of sp³-hybridized carbons (Fsp3) is 0.440. The van der Waals surface area contributed by atoms with Crippen molar-refractivity contribution in [2.24, 2.45) is 5.92 Å². The van der Waals surface area contributed by atoms with Crippen LogP contribution in [0.5, 0.6) is 5.75 Å². The van der Waals surface area contributed by atoms with Gasteiger partial charge in [0.25, 0.3) is 0 Å². The van der Waals surface area contributed by atoms with Gasteiger partial charge < -0.3 is 4.74 Å². The molecule has 0 heterocycles. The van der Waals surface area contributed by atoms with Crippen LogP contribution in [0.2, 0.25) is 0 Å². The SMILES string of the molecule is C/C=C/CCC1CCC(c2c(OC(F)F)cc3cc(/C=C/C)ccc3c2F)CC1. The van der Waals surface area contributed by atoms with E-state index in [1.165, 1.54) is 0 Å². The molecular weight excluding hydrogens is 373 g/mol. The standard InChI is InChI=1S/C25H29F3O/c1-3-5-6-8-17-9-12-19(13-10-17)23-22(29-25(27)28)16-20-15-18(7-4-2)11-14-21(20)24(23)26/h3-5,7,11,14-17,19,25H,6,8-10,12-13H2,1-2H3/b5-3+,7-4+. The van der Waals surface area contributed by atoms with Crippen LogP contribution in [0, 0.1) is 11.7 Å². The number of ether oxygens (including phenoxy) is 1. The highest BCUT2D eigenvalue weighted by Gasteiger charge is 2.29. The second kappa shape index (κ2) is 10.00. The maximum absolute atomic E-state index is 15.5. The molecule has 4 heteroatoms. The van der Waals surface area contributed by atoms with Gasteiger partial charge in [0.05, 0.1) is 0 Å². The number of benzene rings is 2. The predicted octanol–water partition coefficient (Wildman–Crippen LogP) is 8.24. The van der Waals surface area contributed by atoms with Gasteiger partial charge in [0.15, 0.2) is 0 Å². The highest BCUT2D eigenvalue weighted by Crippen LogP contribution is 2.44. The smallest absolute Gasteiger partial charge is 0.387 e. The van der Waals surface area contributed by atoms with Crippen molar-refractivity contribution >= 4 is 16.8 Å². The first kappa shape index (κ1) is 21.5. The molecule has 0 bridgehead atoms. The van der Waals surface area contributed by atoms with Crippen LogP contribution in [0.4, 0.5) is 13.2 Å². The quantitative estimate of drug-likeness (QED) is 0.424. The first-order chi connectivity index (χ1) is 14.0. The summed E-state index contributed by atoms with van der Waals surface area (Å²) < 4.78 is 46.4. The molecule has 0 saturated heterocycles. The van der Waals surface area contributed by atoms with Gasteiger partial charge in [0.2, 0.25) is 0 Å². The molecule has 1 nitrogen and oxygen atoms in total. The molecule has 156 valence electrons. The Morgan fingerprint density at radius 3 is 2.48 bits per heavy atom. The molecule has 3 rings (SSSR count). The molecule has 1 fully saturated rings. The topological polar surface area (TPSA) is 9.23 Å². The van der Waals surface area contributed by atoms with Crippen molar-refractivity contribution in [3.8, 4) is 5.75 Å². The van der Waals surface area contributed by atoms with Crippen molar-refractivity contribution < 1.29 is 17.9 Å². The van der Waals surface area contributed by atoms with Crippen molar-refractivity contribution in [2.75, 3.05) is 0 Å². The molecular formula is C25H29F3O. The third-order valence-corrected chi connectivity index (χ3v) is 5.91. The number of hydrogen-bond acceptors (Lipinski definition) is 1. The third-order valence-electron chi connectivity index (χ3n) is 5.91. The molecule has 0 amide bonds. The van der Waals surface area contributed by atoms with Crippen LogP contribution >= 0.6 is 0 Å². The molecule has 0 unspecified atom stereocenters. The molecule has 29 heavy (non-hydrogen) atoms. The number of fused-ring (bicyclic) bond motifs is 1. The second-order valence-corrected chi connectivity index (χ2v) is 7.83. The number of alkyl halides is 2. The molecule has 1 aliphatic carbocycles. The zero-order valence-corrected chi connectivity index (χ0v) is 17.1. The van der Waals surface area contributed by atoms with E-state index in [9.17, 15) is 8.78 Å². The number of halogens is 3. The van der Waals surface area contributed by atoms with Gasteiger partial charge in [-0.15, -0.1) is 0 Å². The van der Waals surface area contributed by atoms with Gasteiger partial charge >= 0.3 is 6.61 Å². The minimum atomic E-state index is -2.97. The van der Waals surface area contributed by atoms with Crippen molar-refractivity contribution in [3.63, 3.8) is 0 Å². The fourth-order valence-electron chi connectivity index (χ4n) is 4.48. The van der Waals surface area contributed by atoms with Gasteiger partial charge in [-0.2, -0.15) is 8.78 Å². The lowest BCUT2D eigenvalue weighted by atomic mass is 9.76. The van der Waals surface area contributed by atoms with Gasteiger partial charge in [-0.1, -0.05) is 36.4 Å². The molecule has 2 aromatic carbocycles. The summed E-state index contributed by atoms with van der Waals surface area (Å²) in [5.74, 6) is 0.109. The van der Waals surface area contributed by atoms with Crippen molar-refractivity contribution in [1.82, 2.24) is 0 Å². The van der Waals surface area contributed by atoms with E-state index < -0.39 is 12.4 Å². The molecule has 0 aromatic heterocycles. The van der Waals surface area contributed by atoms with E-state index in [4.69, 9.17) is 4.74 Å². The monoisotopic (exact) mass is 402 g/mol. The van der Waals surface area contributed by atoms with Crippen LogP contribution in [0.3, 0.4) is 0 Å². The zero-order chi connectivity index (χ0) is 20.8. The molecule has 0 N–H and O–H groups in total. The molecule has 0 aliphatic heterocycles. The normalized spacial score (nSPS) is 20.3. The van der Waals surface area contributed by atoms with Crippen LogP contribution in [-0.4, -0.2) is 6.61 Å². The lowest BCUT2D eigenvalue weighted by Crippen LogP contribution is -2.16. The molecule has 1 aliphatic rings. The van der Waals surface area contributed by atoms with Crippen molar-refractivity contribution in [2.45, 2.75) is 64.9 Å². The van der Waals surface area contributed by atoms with Crippen LogP contribution in [0.15, 0.2) is 42.5 Å². The Morgan fingerprint density at radius 2 is 1.83 bits per heavy atom. The molecule has 0 spiro atoms. The van der Waals surface area contributed by atoms with Gasteiger partial charge in [0, 0.05) is 10.9 Å². The average Bonchev–Trinajstić information content (AvgIpc) is 2.69. The molecule has 0 atom stereocenters. The lowest BCUT2D eigenvalue weighted by Gasteiger charge is -2.30. The Bertz CT molecular complexity index is 877. The highest BCUT2D eigenvalue weighted by atomic mass is 19.3. The molecule has 1 saturated carbocycles. The maximum Gasteiger partial charge on any atom is 0.387 e. The summed E-state index contributed by atoms with van der Waals surface area (Å²) in [5.41, 5.74) is 1.22. The summed E-state index contributed by atoms with van der Waals surface area (Å²) >= 11 is 0. The van der Waals surface area contributed by atoms with Crippen LogP contribution in [0.1, 0.15) is 69.4 Å². The molecule has 2 aromatic rings. The van der Waals surface area contributed by atoms with E-state index >= 15 is 4.39 Å². The number of allylic oxidation sites excluding steroid dienone is 3. The Balaban J connectivity index is 1.91. The van der Waals surface area contributed by atoms with Gasteiger partial charge in [-0.05, 0) is 87.3 Å². The Morgan fingerprint density at radius 1 is 1.07 bits per heavy atom. The summed E-state index contributed by atoms with van der Waals surface area (Å²) in [7, 11) is 0. The van der Waals surface area contributed by atoms with Crippen LogP contribution in [-0.2, 0) is 0 Å². The Labute approximate surface area is 171 Å².